The van der Waals surface area contributed by atoms with Gasteiger partial charge in [-0.05, 0) is 56.9 Å². The Bertz CT molecular complexity index is 617. The predicted octanol–water partition coefficient (Wildman–Crippen LogP) is 3.44. The third kappa shape index (κ3) is 4.74. The van der Waals surface area contributed by atoms with Crippen LogP contribution in [0.25, 0.3) is 0 Å². The molecule has 0 aliphatic carbocycles. The van der Waals surface area contributed by atoms with Gasteiger partial charge in [0.2, 0.25) is 6.08 Å². The first-order chi connectivity index (χ1) is 11.0. The summed E-state index contributed by atoms with van der Waals surface area (Å²) in [5, 5.41) is 0. The summed E-state index contributed by atoms with van der Waals surface area (Å²) in [7, 11) is 0. The van der Waals surface area contributed by atoms with Crippen LogP contribution in [0.1, 0.15) is 42.6 Å². The van der Waals surface area contributed by atoms with Crippen LogP contribution in [0.5, 0.6) is 0 Å². The number of esters is 1. The zero-order valence-electron chi connectivity index (χ0n) is 13.3. The van der Waals surface area contributed by atoms with Crippen molar-refractivity contribution >= 4 is 28.0 Å². The van der Waals surface area contributed by atoms with Crippen molar-refractivity contribution in [3.8, 4) is 0 Å². The summed E-state index contributed by atoms with van der Waals surface area (Å²) in [5.41, 5.74) is 0.757. The van der Waals surface area contributed by atoms with Gasteiger partial charge < -0.3 is 9.47 Å². The Balaban J connectivity index is 2.35. The van der Waals surface area contributed by atoms with Gasteiger partial charge in [0, 0.05) is 17.7 Å². The maximum Gasteiger partial charge on any atom is 0.338 e. The molecule has 2 rings (SSSR count). The highest BCUT2D eigenvalue weighted by Gasteiger charge is 2.34. The average molecular weight is 382 g/mol. The smallest absolute Gasteiger partial charge is 0.338 e. The lowest BCUT2D eigenvalue weighted by atomic mass is 9.83. The summed E-state index contributed by atoms with van der Waals surface area (Å²) in [6, 6.07) is 5.43. The van der Waals surface area contributed by atoms with E-state index in [0.29, 0.717) is 38.0 Å². The molecule has 0 saturated carbocycles. The fourth-order valence-electron chi connectivity index (χ4n) is 2.72. The first kappa shape index (κ1) is 17.9. The summed E-state index contributed by atoms with van der Waals surface area (Å²) in [6.07, 6.45) is 3.24. The van der Waals surface area contributed by atoms with Crippen LogP contribution in [0.2, 0.25) is 0 Å². The molecule has 1 saturated heterocycles. The molecule has 1 fully saturated rings. The van der Waals surface area contributed by atoms with E-state index in [0.717, 1.165) is 10.0 Å². The molecular weight excluding hydrogens is 362 g/mol. The van der Waals surface area contributed by atoms with E-state index in [9.17, 15) is 9.59 Å². The van der Waals surface area contributed by atoms with E-state index in [-0.39, 0.29) is 12.1 Å². The second kappa shape index (κ2) is 7.86. The highest BCUT2D eigenvalue weighted by Crippen LogP contribution is 2.31. The molecule has 1 aromatic carbocycles. The zero-order valence-corrected chi connectivity index (χ0v) is 14.9. The largest absolute Gasteiger partial charge is 0.459 e. The molecule has 6 heteroatoms. The quantitative estimate of drug-likeness (QED) is 0.445. The summed E-state index contributed by atoms with van der Waals surface area (Å²) in [6.45, 7) is 4.72. The van der Waals surface area contributed by atoms with E-state index in [1.807, 2.05) is 19.9 Å². The molecular formula is C17H20BrNO4. The summed E-state index contributed by atoms with van der Waals surface area (Å²) in [4.78, 5) is 27.2. The highest BCUT2D eigenvalue weighted by molar-refractivity contribution is 9.10. The molecule has 1 aliphatic rings. The van der Waals surface area contributed by atoms with Gasteiger partial charge in [-0.25, -0.2) is 9.59 Å². The fraction of sp³-hybridized carbons (Fsp3) is 0.529. The van der Waals surface area contributed by atoms with Crippen LogP contribution in [0.15, 0.2) is 27.7 Å². The monoisotopic (exact) mass is 381 g/mol. The lowest BCUT2D eigenvalue weighted by Crippen LogP contribution is -2.37. The van der Waals surface area contributed by atoms with E-state index in [1.165, 1.54) is 0 Å². The maximum absolute atomic E-state index is 12.3. The van der Waals surface area contributed by atoms with Crippen molar-refractivity contribution < 1.29 is 19.1 Å². The number of halogens is 1. The number of rotatable bonds is 5. The van der Waals surface area contributed by atoms with Crippen LogP contribution in [0.4, 0.5) is 0 Å². The molecule has 0 N–H and O–H groups in total. The number of isocyanates is 1. The minimum absolute atomic E-state index is 0.191. The van der Waals surface area contributed by atoms with Gasteiger partial charge in [-0.2, -0.15) is 4.99 Å². The molecule has 0 amide bonds. The standard InChI is InChI=1S/C17H20BrNO4/c1-12(2)23-16(21)15-4-3-14(18)9-13(15)10-17(19-11-20)5-7-22-8-6-17/h3-4,9,12H,5-8,10H2,1-2H3. The first-order valence-corrected chi connectivity index (χ1v) is 8.41. The average Bonchev–Trinajstić information content (AvgIpc) is 2.47. The molecule has 0 radical (unpaired) electrons. The Morgan fingerprint density at radius 3 is 2.74 bits per heavy atom. The van der Waals surface area contributed by atoms with Crippen LogP contribution < -0.4 is 0 Å². The van der Waals surface area contributed by atoms with Crippen molar-refractivity contribution in [3.05, 3.63) is 33.8 Å². The first-order valence-electron chi connectivity index (χ1n) is 7.62. The summed E-state index contributed by atoms with van der Waals surface area (Å²) >= 11 is 3.43. The molecule has 0 unspecified atom stereocenters. The number of nitrogens with zero attached hydrogens (tertiary/aromatic N) is 1. The Kier molecular flexibility index (Phi) is 6.10. The molecule has 1 aliphatic heterocycles. The molecule has 0 bridgehead atoms. The third-order valence-corrected chi connectivity index (χ3v) is 4.35. The zero-order chi connectivity index (χ0) is 16.9. The van der Waals surface area contributed by atoms with Crippen molar-refractivity contribution in [2.24, 2.45) is 4.99 Å². The molecule has 5 nitrogen and oxygen atoms in total. The predicted molar refractivity (Wildman–Crippen MR) is 89.3 cm³/mol. The van der Waals surface area contributed by atoms with Crippen LogP contribution in [0.3, 0.4) is 0 Å². The van der Waals surface area contributed by atoms with Crippen molar-refractivity contribution in [2.45, 2.75) is 44.8 Å². The van der Waals surface area contributed by atoms with Gasteiger partial charge in [0.25, 0.3) is 0 Å². The lowest BCUT2D eigenvalue weighted by Gasteiger charge is -2.32. The summed E-state index contributed by atoms with van der Waals surface area (Å²) in [5.74, 6) is -0.361. The minimum Gasteiger partial charge on any atom is -0.459 e. The van der Waals surface area contributed by atoms with Gasteiger partial charge in [-0.3, -0.25) is 0 Å². The number of carbonyl (C=O) groups excluding carboxylic acids is 2. The van der Waals surface area contributed by atoms with E-state index in [1.54, 1.807) is 18.2 Å². The van der Waals surface area contributed by atoms with E-state index < -0.39 is 5.54 Å². The SMILES string of the molecule is CC(C)OC(=O)c1ccc(Br)cc1CC1(N=C=O)CCOCC1. The highest BCUT2D eigenvalue weighted by atomic mass is 79.9. The van der Waals surface area contributed by atoms with E-state index >= 15 is 0 Å². The maximum atomic E-state index is 12.3. The third-order valence-electron chi connectivity index (χ3n) is 3.86. The molecule has 23 heavy (non-hydrogen) atoms. The molecule has 0 spiro atoms. The molecule has 0 aromatic heterocycles. The number of aliphatic imine (C=N–C) groups is 1. The van der Waals surface area contributed by atoms with Gasteiger partial charge >= 0.3 is 5.97 Å². The van der Waals surface area contributed by atoms with Crippen LogP contribution >= 0.6 is 15.9 Å². The van der Waals surface area contributed by atoms with Crippen molar-refractivity contribution in [3.63, 3.8) is 0 Å². The van der Waals surface area contributed by atoms with Gasteiger partial charge in [-0.1, -0.05) is 15.9 Å². The number of carbonyl (C=O) groups is 1. The van der Waals surface area contributed by atoms with Crippen LogP contribution in [0, 0.1) is 0 Å². The van der Waals surface area contributed by atoms with Crippen molar-refractivity contribution in [1.82, 2.24) is 0 Å². The fourth-order valence-corrected chi connectivity index (χ4v) is 3.12. The molecule has 1 aromatic rings. The second-order valence-corrected chi connectivity index (χ2v) is 6.89. The Labute approximate surface area is 144 Å². The van der Waals surface area contributed by atoms with E-state index in [2.05, 4.69) is 20.9 Å². The van der Waals surface area contributed by atoms with Crippen molar-refractivity contribution in [2.75, 3.05) is 13.2 Å². The number of hydrogen-bond acceptors (Lipinski definition) is 5. The van der Waals surface area contributed by atoms with Crippen LogP contribution in [-0.4, -0.2) is 36.9 Å². The topological polar surface area (TPSA) is 65.0 Å². The van der Waals surface area contributed by atoms with Crippen molar-refractivity contribution in [1.29, 1.82) is 0 Å². The second-order valence-electron chi connectivity index (χ2n) is 5.97. The Hall–Kier alpha value is -1.49. The Morgan fingerprint density at radius 2 is 2.13 bits per heavy atom. The Morgan fingerprint density at radius 1 is 1.43 bits per heavy atom. The van der Waals surface area contributed by atoms with E-state index in [4.69, 9.17) is 9.47 Å². The van der Waals surface area contributed by atoms with Gasteiger partial charge in [-0.15, -0.1) is 0 Å². The van der Waals surface area contributed by atoms with Crippen LogP contribution in [-0.2, 0) is 20.7 Å². The molecule has 0 atom stereocenters. The number of benzene rings is 1. The number of hydrogen-bond donors (Lipinski definition) is 0. The minimum atomic E-state index is -0.562. The normalized spacial score (nSPS) is 16.7. The molecule has 124 valence electrons. The van der Waals surface area contributed by atoms with Gasteiger partial charge in [0.1, 0.15) is 0 Å². The van der Waals surface area contributed by atoms with Gasteiger partial charge in [0.05, 0.1) is 17.2 Å². The molecule has 1 heterocycles. The lowest BCUT2D eigenvalue weighted by molar-refractivity contribution is 0.0374. The number of ether oxygens (including phenoxy) is 2. The summed E-state index contributed by atoms with van der Waals surface area (Å²) < 4.78 is 11.6. The van der Waals surface area contributed by atoms with Gasteiger partial charge in [0.15, 0.2) is 0 Å².